The number of carbonyl (C=O) groups is 1. The number of ether oxygens (including phenoxy) is 1. The van der Waals surface area contributed by atoms with Crippen LogP contribution in [0.4, 0.5) is 0 Å². The van der Waals surface area contributed by atoms with E-state index in [2.05, 4.69) is 25.9 Å². The van der Waals surface area contributed by atoms with Gasteiger partial charge in [-0.25, -0.2) is 18.4 Å². The quantitative estimate of drug-likeness (QED) is 0.665. The first-order chi connectivity index (χ1) is 12.4. The monoisotopic (exact) mass is 439 g/mol. The van der Waals surface area contributed by atoms with E-state index in [4.69, 9.17) is 4.74 Å². The zero-order valence-electron chi connectivity index (χ0n) is 14.1. The molecule has 2 heterocycles. The fraction of sp³-hybridized carbons (Fsp3) is 0.353. The van der Waals surface area contributed by atoms with E-state index in [-0.39, 0.29) is 29.3 Å². The fourth-order valence-corrected chi connectivity index (χ4v) is 4.46. The van der Waals surface area contributed by atoms with Crippen LogP contribution in [0.25, 0.3) is 0 Å². The van der Waals surface area contributed by atoms with Crippen LogP contribution in [0.5, 0.6) is 6.01 Å². The Morgan fingerprint density at radius 2 is 1.88 bits per heavy atom. The van der Waals surface area contributed by atoms with E-state index >= 15 is 0 Å². The van der Waals surface area contributed by atoms with E-state index in [1.54, 1.807) is 12.4 Å². The Hall–Kier alpha value is -1.84. The maximum absolute atomic E-state index is 12.9. The van der Waals surface area contributed by atoms with Crippen molar-refractivity contribution in [2.24, 2.45) is 0 Å². The van der Waals surface area contributed by atoms with Crippen LogP contribution in [0.1, 0.15) is 30.1 Å². The lowest BCUT2D eigenvalue weighted by atomic mass is 10.1. The summed E-state index contributed by atoms with van der Waals surface area (Å²) in [5.41, 5.74) is 0.483. The van der Waals surface area contributed by atoms with Crippen LogP contribution in [0.15, 0.2) is 46.0 Å². The Morgan fingerprint density at radius 3 is 2.50 bits per heavy atom. The van der Waals surface area contributed by atoms with Crippen molar-refractivity contribution in [3.63, 3.8) is 0 Å². The second-order valence-corrected chi connectivity index (χ2v) is 8.86. The van der Waals surface area contributed by atoms with Gasteiger partial charge in [-0.05, 0) is 47.8 Å². The predicted octanol–water partition coefficient (Wildman–Crippen LogP) is 2.67. The van der Waals surface area contributed by atoms with E-state index in [9.17, 15) is 13.2 Å². The van der Waals surface area contributed by atoms with Gasteiger partial charge >= 0.3 is 6.01 Å². The lowest BCUT2D eigenvalue weighted by Crippen LogP contribution is -2.44. The molecule has 0 N–H and O–H groups in total. The number of halogens is 1. The van der Waals surface area contributed by atoms with Gasteiger partial charge in [-0.3, -0.25) is 4.79 Å². The maximum Gasteiger partial charge on any atom is 0.316 e. The summed E-state index contributed by atoms with van der Waals surface area (Å²) in [5.74, 6) is -0.102. The van der Waals surface area contributed by atoms with E-state index in [1.165, 1.54) is 35.5 Å². The maximum atomic E-state index is 12.9. The molecule has 1 aromatic heterocycles. The number of Topliss-reactive ketones (excluding diaryl/α,β-unsaturated/α-hetero) is 1. The lowest BCUT2D eigenvalue weighted by molar-refractivity contribution is 0.101. The van der Waals surface area contributed by atoms with Crippen LogP contribution in [-0.4, -0.2) is 47.7 Å². The lowest BCUT2D eigenvalue weighted by Gasteiger charge is -2.31. The molecule has 1 aliphatic heterocycles. The van der Waals surface area contributed by atoms with Crippen molar-refractivity contribution in [3.8, 4) is 6.01 Å². The molecule has 1 aromatic carbocycles. The summed E-state index contributed by atoms with van der Waals surface area (Å²) in [6, 6.07) is 6.22. The van der Waals surface area contributed by atoms with Crippen LogP contribution < -0.4 is 4.74 Å². The topological polar surface area (TPSA) is 89.5 Å². The summed E-state index contributed by atoms with van der Waals surface area (Å²) in [5, 5.41) is 0. The highest BCUT2D eigenvalue weighted by Crippen LogP contribution is 2.23. The number of ketones is 1. The largest absolute Gasteiger partial charge is 0.459 e. The first-order valence-electron chi connectivity index (χ1n) is 8.11. The Kier molecular flexibility index (Phi) is 5.69. The Balaban J connectivity index is 1.73. The van der Waals surface area contributed by atoms with Gasteiger partial charge in [-0.15, -0.1) is 0 Å². The van der Waals surface area contributed by atoms with Gasteiger partial charge in [0.15, 0.2) is 5.78 Å². The standard InChI is InChI=1S/C17H18BrN3O4S/c1-12(22)13-4-6-16(7-5-13)26(23,24)21-8-2-3-15(11-21)25-17-19-9-14(18)10-20-17/h4-7,9-10,15H,2-3,8,11H2,1H3. The van der Waals surface area contributed by atoms with E-state index in [0.29, 0.717) is 18.5 Å². The van der Waals surface area contributed by atoms with Crippen molar-refractivity contribution in [1.29, 1.82) is 0 Å². The van der Waals surface area contributed by atoms with Crippen molar-refractivity contribution in [2.45, 2.75) is 30.8 Å². The molecule has 0 amide bonds. The average molecular weight is 440 g/mol. The van der Waals surface area contributed by atoms with Crippen LogP contribution in [0.2, 0.25) is 0 Å². The molecule has 3 rings (SSSR count). The van der Waals surface area contributed by atoms with E-state index < -0.39 is 10.0 Å². The molecule has 26 heavy (non-hydrogen) atoms. The molecular formula is C17H18BrN3O4S. The Bertz CT molecular complexity index is 885. The predicted molar refractivity (Wildman–Crippen MR) is 98.6 cm³/mol. The smallest absolute Gasteiger partial charge is 0.316 e. The molecule has 1 atom stereocenters. The van der Waals surface area contributed by atoms with Gasteiger partial charge in [-0.2, -0.15) is 4.31 Å². The Morgan fingerprint density at radius 1 is 1.23 bits per heavy atom. The number of hydrogen-bond donors (Lipinski definition) is 0. The second-order valence-electron chi connectivity index (χ2n) is 6.01. The molecule has 1 unspecified atom stereocenters. The third-order valence-electron chi connectivity index (χ3n) is 4.11. The molecular weight excluding hydrogens is 422 g/mol. The van der Waals surface area contributed by atoms with Gasteiger partial charge in [0.1, 0.15) is 6.10 Å². The number of sulfonamides is 1. The molecule has 0 saturated carbocycles. The van der Waals surface area contributed by atoms with Crippen molar-refractivity contribution >= 4 is 31.7 Å². The zero-order valence-corrected chi connectivity index (χ0v) is 16.5. The van der Waals surface area contributed by atoms with Crippen LogP contribution in [0.3, 0.4) is 0 Å². The molecule has 7 nitrogen and oxygen atoms in total. The molecule has 0 radical (unpaired) electrons. The third kappa shape index (κ3) is 4.28. The van der Waals surface area contributed by atoms with Gasteiger partial charge in [0.05, 0.1) is 15.9 Å². The van der Waals surface area contributed by atoms with Crippen molar-refractivity contribution in [2.75, 3.05) is 13.1 Å². The Labute approximate surface area is 160 Å². The van der Waals surface area contributed by atoms with Gasteiger partial charge in [0.2, 0.25) is 10.0 Å². The average Bonchev–Trinajstić information content (AvgIpc) is 2.64. The van der Waals surface area contributed by atoms with Crippen LogP contribution in [0, 0.1) is 0 Å². The molecule has 1 aliphatic rings. The summed E-state index contributed by atoms with van der Waals surface area (Å²) in [7, 11) is -3.64. The third-order valence-corrected chi connectivity index (χ3v) is 6.40. The summed E-state index contributed by atoms with van der Waals surface area (Å²) in [6.45, 7) is 2.11. The summed E-state index contributed by atoms with van der Waals surface area (Å²) in [4.78, 5) is 19.7. The molecule has 1 saturated heterocycles. The number of hydrogen-bond acceptors (Lipinski definition) is 6. The van der Waals surface area contributed by atoms with E-state index in [0.717, 1.165) is 10.9 Å². The minimum absolute atomic E-state index is 0.102. The minimum Gasteiger partial charge on any atom is -0.459 e. The number of nitrogens with zero attached hydrogens (tertiary/aromatic N) is 3. The summed E-state index contributed by atoms with van der Waals surface area (Å²) >= 11 is 3.26. The molecule has 0 bridgehead atoms. The van der Waals surface area contributed by atoms with Crippen molar-refractivity contribution < 1.29 is 17.9 Å². The van der Waals surface area contributed by atoms with Gasteiger partial charge in [0.25, 0.3) is 0 Å². The van der Waals surface area contributed by atoms with Crippen molar-refractivity contribution in [1.82, 2.24) is 14.3 Å². The fourth-order valence-electron chi connectivity index (χ4n) is 2.74. The van der Waals surface area contributed by atoms with Gasteiger partial charge < -0.3 is 4.74 Å². The van der Waals surface area contributed by atoms with Gasteiger partial charge in [-0.1, -0.05) is 12.1 Å². The van der Waals surface area contributed by atoms with Crippen LogP contribution >= 0.6 is 15.9 Å². The summed E-state index contributed by atoms with van der Waals surface area (Å²) in [6.07, 6.45) is 4.27. The number of aromatic nitrogens is 2. The normalized spacial score (nSPS) is 18.5. The second kappa shape index (κ2) is 7.81. The highest BCUT2D eigenvalue weighted by molar-refractivity contribution is 9.10. The number of benzene rings is 1. The number of carbonyl (C=O) groups excluding carboxylic acids is 1. The highest BCUT2D eigenvalue weighted by atomic mass is 79.9. The zero-order chi connectivity index (χ0) is 18.7. The first-order valence-corrected chi connectivity index (χ1v) is 10.3. The molecule has 1 fully saturated rings. The molecule has 2 aromatic rings. The summed E-state index contributed by atoms with van der Waals surface area (Å²) < 4.78 is 33.6. The molecule has 9 heteroatoms. The molecule has 138 valence electrons. The van der Waals surface area contributed by atoms with Crippen molar-refractivity contribution in [3.05, 3.63) is 46.7 Å². The molecule has 0 spiro atoms. The highest BCUT2D eigenvalue weighted by Gasteiger charge is 2.31. The first kappa shape index (κ1) is 18.9. The van der Waals surface area contributed by atoms with Crippen LogP contribution in [-0.2, 0) is 10.0 Å². The SMILES string of the molecule is CC(=O)c1ccc(S(=O)(=O)N2CCCC(Oc3ncc(Br)cn3)C2)cc1. The minimum atomic E-state index is -3.64. The van der Waals surface area contributed by atoms with E-state index in [1.807, 2.05) is 0 Å². The molecule has 0 aliphatic carbocycles. The number of piperidine rings is 1. The van der Waals surface area contributed by atoms with Gasteiger partial charge in [0, 0.05) is 24.5 Å². The number of rotatable bonds is 5.